The van der Waals surface area contributed by atoms with Crippen molar-refractivity contribution in [3.8, 4) is 0 Å². The number of likely N-dealkylation sites (N-methyl/N-ethyl adjacent to an activating group) is 2. The van der Waals surface area contributed by atoms with Gasteiger partial charge in [0, 0.05) is 24.9 Å². The molecule has 0 aromatic heterocycles. The minimum absolute atomic E-state index is 0.186. The van der Waals surface area contributed by atoms with Gasteiger partial charge in [-0.3, -0.25) is 0 Å². The van der Waals surface area contributed by atoms with E-state index < -0.39 is 9.84 Å². The highest BCUT2D eigenvalue weighted by Crippen LogP contribution is 2.19. The van der Waals surface area contributed by atoms with E-state index in [1.165, 1.54) is 11.8 Å². The molecule has 0 saturated heterocycles. The fourth-order valence-electron chi connectivity index (χ4n) is 2.11. The number of sulfone groups is 1. The van der Waals surface area contributed by atoms with Crippen LogP contribution in [-0.2, 0) is 9.84 Å². The van der Waals surface area contributed by atoms with E-state index in [1.807, 2.05) is 32.3 Å². The molecule has 0 radical (unpaired) electrons. The molecule has 0 aliphatic heterocycles. The summed E-state index contributed by atoms with van der Waals surface area (Å²) in [5, 5.41) is 3.31. The molecule has 1 aromatic rings. The maximum absolute atomic E-state index is 11.2. The Morgan fingerprint density at radius 3 is 2.32 bits per heavy atom. The number of benzene rings is 1. The zero-order valence-corrected chi connectivity index (χ0v) is 12.9. The summed E-state index contributed by atoms with van der Waals surface area (Å²) < 4.78 is 22.5. The Hall–Kier alpha value is -0.910. The second-order valence-corrected chi connectivity index (χ2v) is 7.29. The van der Waals surface area contributed by atoms with Crippen molar-refractivity contribution in [3.63, 3.8) is 0 Å². The summed E-state index contributed by atoms with van der Waals surface area (Å²) in [6.45, 7) is 2.65. The van der Waals surface area contributed by atoms with Crippen LogP contribution in [0, 0.1) is 0 Å². The first-order valence-corrected chi connectivity index (χ1v) is 8.51. The Kier molecular flexibility index (Phi) is 5.97. The van der Waals surface area contributed by atoms with Gasteiger partial charge in [0.1, 0.15) is 9.84 Å². The monoisotopic (exact) mass is 284 g/mol. The van der Waals surface area contributed by atoms with Gasteiger partial charge in [-0.05, 0) is 26.6 Å². The molecular formula is C14H24N2O2S. The standard InChI is InChI=1S/C14H24N2O2S/c1-12(16(3)10-11-19(4,17)18)14(15-2)13-8-6-5-7-9-13/h5-9,12,14-15H,10-11H2,1-4H3. The van der Waals surface area contributed by atoms with Gasteiger partial charge in [-0.15, -0.1) is 0 Å². The van der Waals surface area contributed by atoms with Crippen molar-refractivity contribution in [2.75, 3.05) is 32.6 Å². The summed E-state index contributed by atoms with van der Waals surface area (Å²) in [4.78, 5) is 2.08. The Labute approximate surface area is 116 Å². The first-order chi connectivity index (χ1) is 8.85. The highest BCUT2D eigenvalue weighted by atomic mass is 32.2. The predicted octanol–water partition coefficient (Wildman–Crippen LogP) is 1.31. The fraction of sp³-hybridized carbons (Fsp3) is 0.571. The summed E-state index contributed by atoms with van der Waals surface area (Å²) in [5.41, 5.74) is 1.21. The molecule has 0 fully saturated rings. The van der Waals surface area contributed by atoms with E-state index in [-0.39, 0.29) is 17.8 Å². The van der Waals surface area contributed by atoms with E-state index in [4.69, 9.17) is 0 Å². The normalized spacial score (nSPS) is 15.4. The maximum atomic E-state index is 11.2. The lowest BCUT2D eigenvalue weighted by Gasteiger charge is -2.32. The molecule has 1 rings (SSSR count). The molecule has 1 N–H and O–H groups in total. The van der Waals surface area contributed by atoms with Crippen LogP contribution in [0.25, 0.3) is 0 Å². The second-order valence-electron chi connectivity index (χ2n) is 5.03. The predicted molar refractivity (Wildman–Crippen MR) is 80.0 cm³/mol. The summed E-state index contributed by atoms with van der Waals surface area (Å²) >= 11 is 0. The van der Waals surface area contributed by atoms with Crippen molar-refractivity contribution in [1.29, 1.82) is 0 Å². The molecular weight excluding hydrogens is 260 g/mol. The number of hydrogen-bond donors (Lipinski definition) is 1. The Balaban J connectivity index is 2.71. The quantitative estimate of drug-likeness (QED) is 0.820. The van der Waals surface area contributed by atoms with Gasteiger partial charge in [0.25, 0.3) is 0 Å². The molecule has 0 spiro atoms. The van der Waals surface area contributed by atoms with Gasteiger partial charge in [0.05, 0.1) is 5.75 Å². The third-order valence-electron chi connectivity index (χ3n) is 3.46. The highest BCUT2D eigenvalue weighted by molar-refractivity contribution is 7.90. The molecule has 2 unspecified atom stereocenters. The molecule has 0 heterocycles. The third kappa shape index (κ3) is 5.30. The average molecular weight is 284 g/mol. The van der Waals surface area contributed by atoms with Crippen LogP contribution in [0.1, 0.15) is 18.5 Å². The van der Waals surface area contributed by atoms with Crippen LogP contribution in [0.3, 0.4) is 0 Å². The smallest absolute Gasteiger partial charge is 0.148 e. The topological polar surface area (TPSA) is 49.4 Å². The largest absolute Gasteiger partial charge is 0.312 e. The van der Waals surface area contributed by atoms with Gasteiger partial charge in [0.2, 0.25) is 0 Å². The van der Waals surface area contributed by atoms with E-state index in [2.05, 4.69) is 29.3 Å². The van der Waals surface area contributed by atoms with Crippen molar-refractivity contribution in [3.05, 3.63) is 35.9 Å². The number of nitrogens with zero attached hydrogens (tertiary/aromatic N) is 1. The Morgan fingerprint density at radius 1 is 1.26 bits per heavy atom. The molecule has 0 aliphatic carbocycles. The average Bonchev–Trinajstić information content (AvgIpc) is 2.37. The summed E-state index contributed by atoms with van der Waals surface area (Å²) in [5.74, 6) is 0.194. The maximum Gasteiger partial charge on any atom is 0.148 e. The molecule has 19 heavy (non-hydrogen) atoms. The van der Waals surface area contributed by atoms with Gasteiger partial charge < -0.3 is 10.2 Å². The minimum Gasteiger partial charge on any atom is -0.312 e. The van der Waals surface area contributed by atoms with Gasteiger partial charge in [-0.2, -0.15) is 0 Å². The van der Waals surface area contributed by atoms with Crippen LogP contribution in [0.2, 0.25) is 0 Å². The summed E-state index contributed by atoms with van der Waals surface area (Å²) in [6.07, 6.45) is 1.28. The lowest BCUT2D eigenvalue weighted by atomic mass is 10.00. The van der Waals surface area contributed by atoms with Crippen molar-refractivity contribution in [2.45, 2.75) is 19.0 Å². The minimum atomic E-state index is -2.91. The Bertz CT molecular complexity index is 473. The number of rotatable bonds is 7. The molecule has 0 bridgehead atoms. The SMILES string of the molecule is CNC(c1ccccc1)C(C)N(C)CCS(C)(=O)=O. The van der Waals surface area contributed by atoms with Crippen LogP contribution >= 0.6 is 0 Å². The van der Waals surface area contributed by atoms with Crippen molar-refractivity contribution in [2.24, 2.45) is 0 Å². The first-order valence-electron chi connectivity index (χ1n) is 6.45. The van der Waals surface area contributed by atoms with Crippen LogP contribution < -0.4 is 5.32 Å². The Morgan fingerprint density at radius 2 is 1.84 bits per heavy atom. The molecule has 4 nitrogen and oxygen atoms in total. The lowest BCUT2D eigenvalue weighted by Crippen LogP contribution is -2.41. The highest BCUT2D eigenvalue weighted by Gasteiger charge is 2.21. The fourth-order valence-corrected chi connectivity index (χ4v) is 2.73. The van der Waals surface area contributed by atoms with Gasteiger partial charge >= 0.3 is 0 Å². The molecule has 108 valence electrons. The second kappa shape index (κ2) is 7.03. The third-order valence-corrected chi connectivity index (χ3v) is 4.39. The molecule has 1 aromatic carbocycles. The number of hydrogen-bond acceptors (Lipinski definition) is 4. The van der Waals surface area contributed by atoms with E-state index in [0.29, 0.717) is 6.54 Å². The first kappa shape index (κ1) is 16.1. The summed E-state index contributed by atoms with van der Waals surface area (Å²) in [7, 11) is 0.979. The lowest BCUT2D eigenvalue weighted by molar-refractivity contribution is 0.222. The number of nitrogens with one attached hydrogen (secondary N) is 1. The molecule has 5 heteroatoms. The molecule has 0 saturated carbocycles. The van der Waals surface area contributed by atoms with Crippen LogP contribution in [-0.4, -0.2) is 52.0 Å². The molecule has 0 amide bonds. The van der Waals surface area contributed by atoms with Gasteiger partial charge in [-0.25, -0.2) is 8.42 Å². The van der Waals surface area contributed by atoms with E-state index in [0.717, 1.165) is 0 Å². The van der Waals surface area contributed by atoms with Crippen LogP contribution in [0.15, 0.2) is 30.3 Å². The zero-order valence-electron chi connectivity index (χ0n) is 12.1. The van der Waals surface area contributed by atoms with E-state index >= 15 is 0 Å². The summed E-state index contributed by atoms with van der Waals surface area (Å²) in [6, 6.07) is 10.6. The van der Waals surface area contributed by atoms with Crippen LogP contribution in [0.4, 0.5) is 0 Å². The molecule has 2 atom stereocenters. The van der Waals surface area contributed by atoms with Crippen LogP contribution in [0.5, 0.6) is 0 Å². The van der Waals surface area contributed by atoms with E-state index in [9.17, 15) is 8.42 Å². The van der Waals surface area contributed by atoms with Crippen molar-refractivity contribution in [1.82, 2.24) is 10.2 Å². The van der Waals surface area contributed by atoms with Crippen molar-refractivity contribution >= 4 is 9.84 Å². The van der Waals surface area contributed by atoms with Crippen molar-refractivity contribution < 1.29 is 8.42 Å². The molecule has 0 aliphatic rings. The van der Waals surface area contributed by atoms with Gasteiger partial charge in [0.15, 0.2) is 0 Å². The van der Waals surface area contributed by atoms with Gasteiger partial charge in [-0.1, -0.05) is 30.3 Å². The van der Waals surface area contributed by atoms with E-state index in [1.54, 1.807) is 0 Å². The zero-order chi connectivity index (χ0) is 14.5.